The zero-order valence-electron chi connectivity index (χ0n) is 12.8. The van der Waals surface area contributed by atoms with Crippen LogP contribution in [-0.4, -0.2) is 5.66 Å². The van der Waals surface area contributed by atoms with E-state index < -0.39 is 0 Å². The quantitative estimate of drug-likeness (QED) is 0.454. The van der Waals surface area contributed by atoms with Crippen LogP contribution in [0.2, 0.25) is 0 Å². The van der Waals surface area contributed by atoms with Crippen LogP contribution in [0.5, 0.6) is 0 Å². The Morgan fingerprint density at radius 1 is 0.591 bits per heavy atom. The normalized spacial score (nSPS) is 12.8. The van der Waals surface area contributed by atoms with E-state index in [1.54, 1.807) is 0 Å². The van der Waals surface area contributed by atoms with E-state index in [2.05, 4.69) is 107 Å². The molecule has 0 bridgehead atoms. The lowest BCUT2D eigenvalue weighted by atomic mass is 9.67. The van der Waals surface area contributed by atoms with Crippen LogP contribution in [0, 0.1) is 0 Å². The van der Waals surface area contributed by atoms with E-state index in [1.165, 1.54) is 16.7 Å². The summed E-state index contributed by atoms with van der Waals surface area (Å²) in [5, 5.41) is 0. The molecule has 0 nitrogen and oxygen atoms in total. The van der Waals surface area contributed by atoms with E-state index in [9.17, 15) is 0 Å². The lowest BCUT2D eigenvalue weighted by molar-refractivity contribution is 0.609. The fourth-order valence-corrected chi connectivity index (χ4v) is 3.97. The van der Waals surface area contributed by atoms with E-state index in [1.807, 2.05) is 0 Å². The van der Waals surface area contributed by atoms with Gasteiger partial charge in [-0.1, -0.05) is 97.9 Å². The predicted molar refractivity (Wildman–Crippen MR) is 98.4 cm³/mol. The highest BCUT2D eigenvalue weighted by atomic mass is 31.0. The monoisotopic (exact) mass is 304 g/mol. The molecule has 0 amide bonds. The zero-order valence-corrected chi connectivity index (χ0v) is 14.0. The highest BCUT2D eigenvalue weighted by Crippen LogP contribution is 2.44. The molecule has 0 aromatic heterocycles. The molecule has 0 radical (unpaired) electrons. The lowest BCUT2D eigenvalue weighted by Gasteiger charge is -2.39. The van der Waals surface area contributed by atoms with Gasteiger partial charge < -0.3 is 0 Å². The summed E-state index contributed by atoms with van der Waals surface area (Å²) in [5.41, 5.74) is 4.19. The summed E-state index contributed by atoms with van der Waals surface area (Å²) in [5.74, 6) is 0. The number of benzene rings is 3. The molecule has 0 aliphatic heterocycles. The highest BCUT2D eigenvalue weighted by Gasteiger charge is 2.39. The summed E-state index contributed by atoms with van der Waals surface area (Å²) in [6.45, 7) is 2.28. The van der Waals surface area contributed by atoms with Crippen molar-refractivity contribution in [1.82, 2.24) is 0 Å². The molecule has 3 aromatic carbocycles. The second-order valence-corrected chi connectivity index (χ2v) is 6.69. The predicted octanol–water partition coefficient (Wildman–Crippen LogP) is 5.28. The summed E-state index contributed by atoms with van der Waals surface area (Å²) < 4.78 is 0. The van der Waals surface area contributed by atoms with E-state index in [4.69, 9.17) is 0 Å². The largest absolute Gasteiger partial charge is 0.133 e. The third-order valence-corrected chi connectivity index (χ3v) is 4.87. The standard InChI is InChI=1S/C21H21P/c1-17(22)21(18-11-5-2-6-12-18,19-13-7-3-8-14-19)20-15-9-4-10-16-20/h2-17H,22H2,1H3/t17-/m0/s1. The van der Waals surface area contributed by atoms with Crippen LogP contribution >= 0.6 is 9.24 Å². The molecule has 0 aliphatic rings. The van der Waals surface area contributed by atoms with Crippen molar-refractivity contribution in [2.24, 2.45) is 0 Å². The molecule has 110 valence electrons. The van der Waals surface area contributed by atoms with Gasteiger partial charge in [0.05, 0.1) is 5.41 Å². The fourth-order valence-electron chi connectivity index (χ4n) is 3.39. The molecule has 1 heteroatoms. The first kappa shape index (κ1) is 15.0. The van der Waals surface area contributed by atoms with Crippen molar-refractivity contribution in [3.63, 3.8) is 0 Å². The van der Waals surface area contributed by atoms with Gasteiger partial charge in [-0.25, -0.2) is 0 Å². The third-order valence-electron chi connectivity index (χ3n) is 4.37. The second kappa shape index (κ2) is 6.46. The molecule has 0 heterocycles. The molecule has 0 N–H and O–H groups in total. The smallest absolute Gasteiger partial charge is 0.0511 e. The number of rotatable bonds is 4. The molecule has 0 fully saturated rings. The molecule has 3 aromatic rings. The van der Waals surface area contributed by atoms with E-state index >= 15 is 0 Å². The van der Waals surface area contributed by atoms with Crippen LogP contribution in [-0.2, 0) is 5.41 Å². The Balaban J connectivity index is 2.34. The van der Waals surface area contributed by atoms with Gasteiger partial charge in [-0.05, 0) is 22.3 Å². The van der Waals surface area contributed by atoms with Gasteiger partial charge >= 0.3 is 0 Å². The summed E-state index contributed by atoms with van der Waals surface area (Å²) in [6.07, 6.45) is 0. The Hall–Kier alpha value is -1.91. The van der Waals surface area contributed by atoms with Crippen LogP contribution in [0.1, 0.15) is 23.6 Å². The van der Waals surface area contributed by atoms with Gasteiger partial charge in [0.2, 0.25) is 0 Å². The van der Waals surface area contributed by atoms with Crippen LogP contribution in [0.4, 0.5) is 0 Å². The Labute approximate surface area is 135 Å². The molecular weight excluding hydrogens is 283 g/mol. The first-order chi connectivity index (χ1) is 10.8. The molecule has 0 saturated carbocycles. The molecule has 22 heavy (non-hydrogen) atoms. The number of hydrogen-bond donors (Lipinski definition) is 0. The van der Waals surface area contributed by atoms with Crippen LogP contribution in [0.15, 0.2) is 91.0 Å². The minimum atomic E-state index is -0.158. The van der Waals surface area contributed by atoms with Gasteiger partial charge in [-0.3, -0.25) is 0 Å². The average molecular weight is 304 g/mol. The maximum absolute atomic E-state index is 3.02. The van der Waals surface area contributed by atoms with Gasteiger partial charge in [0.25, 0.3) is 0 Å². The van der Waals surface area contributed by atoms with Crippen LogP contribution in [0.25, 0.3) is 0 Å². The van der Waals surface area contributed by atoms with Gasteiger partial charge in [0.1, 0.15) is 0 Å². The van der Waals surface area contributed by atoms with Gasteiger partial charge in [0.15, 0.2) is 0 Å². The minimum absolute atomic E-state index is 0.158. The van der Waals surface area contributed by atoms with Gasteiger partial charge in [-0.15, -0.1) is 9.24 Å². The first-order valence-electron chi connectivity index (χ1n) is 7.68. The third kappa shape index (κ3) is 2.49. The Morgan fingerprint density at radius 2 is 0.864 bits per heavy atom. The molecular formula is C21H21P. The molecule has 1 unspecified atom stereocenters. The van der Waals surface area contributed by atoms with Crippen LogP contribution < -0.4 is 0 Å². The summed E-state index contributed by atoms with van der Waals surface area (Å²) >= 11 is 0. The maximum Gasteiger partial charge on any atom is 0.0511 e. The summed E-state index contributed by atoms with van der Waals surface area (Å²) in [7, 11) is 3.02. The summed E-state index contributed by atoms with van der Waals surface area (Å²) in [6, 6.07) is 32.4. The molecule has 0 spiro atoms. The van der Waals surface area contributed by atoms with Crippen molar-refractivity contribution >= 4 is 9.24 Å². The molecule has 0 aliphatic carbocycles. The Morgan fingerprint density at radius 3 is 1.09 bits per heavy atom. The van der Waals surface area contributed by atoms with Crippen molar-refractivity contribution in [2.75, 3.05) is 0 Å². The Kier molecular flexibility index (Phi) is 4.41. The lowest BCUT2D eigenvalue weighted by Crippen LogP contribution is -2.37. The van der Waals surface area contributed by atoms with Gasteiger partial charge in [-0.2, -0.15) is 0 Å². The SMILES string of the molecule is C[C@H](P)C(c1ccccc1)(c1ccccc1)c1ccccc1. The fraction of sp³-hybridized carbons (Fsp3) is 0.143. The average Bonchev–Trinajstić information content (AvgIpc) is 2.58. The van der Waals surface area contributed by atoms with Gasteiger partial charge in [0, 0.05) is 0 Å². The number of hydrogen-bond acceptors (Lipinski definition) is 0. The minimum Gasteiger partial charge on any atom is -0.133 e. The highest BCUT2D eigenvalue weighted by molar-refractivity contribution is 7.17. The topological polar surface area (TPSA) is 0 Å². The van der Waals surface area contributed by atoms with Crippen molar-refractivity contribution < 1.29 is 0 Å². The van der Waals surface area contributed by atoms with Crippen molar-refractivity contribution in [1.29, 1.82) is 0 Å². The molecule has 3 rings (SSSR count). The maximum atomic E-state index is 3.02. The van der Waals surface area contributed by atoms with Crippen molar-refractivity contribution in [3.8, 4) is 0 Å². The first-order valence-corrected chi connectivity index (χ1v) is 8.35. The van der Waals surface area contributed by atoms with Crippen molar-refractivity contribution in [3.05, 3.63) is 108 Å². The summed E-state index contributed by atoms with van der Waals surface area (Å²) in [4.78, 5) is 0. The van der Waals surface area contributed by atoms with E-state index in [0.29, 0.717) is 5.66 Å². The molecule has 0 saturated heterocycles. The van der Waals surface area contributed by atoms with Crippen LogP contribution in [0.3, 0.4) is 0 Å². The Bertz CT molecular complexity index is 606. The van der Waals surface area contributed by atoms with Crippen molar-refractivity contribution in [2.45, 2.75) is 18.0 Å². The molecule has 2 atom stereocenters. The van der Waals surface area contributed by atoms with E-state index in [0.717, 1.165) is 0 Å². The second-order valence-electron chi connectivity index (χ2n) is 5.69. The zero-order chi connectivity index (χ0) is 15.4. The van der Waals surface area contributed by atoms with E-state index in [-0.39, 0.29) is 5.41 Å².